The molecule has 6 N–H and O–H groups in total. The number of esters is 1. The minimum Gasteiger partial charge on any atom is -0.454 e. The first kappa shape index (κ1) is 75.9. The Kier molecular flexibility index (Phi) is 53.6. The van der Waals surface area contributed by atoms with E-state index < -0.39 is 67.4 Å². The number of rotatable bonds is 56. The van der Waals surface area contributed by atoms with Gasteiger partial charge in [0, 0.05) is 6.42 Å². The quantitative estimate of drug-likeness (QED) is 0.0195. The molecule has 0 saturated carbocycles. The van der Waals surface area contributed by atoms with E-state index in [1.165, 1.54) is 122 Å². The van der Waals surface area contributed by atoms with Gasteiger partial charge >= 0.3 is 5.97 Å². The summed E-state index contributed by atoms with van der Waals surface area (Å²) in [7, 11) is 0. The van der Waals surface area contributed by atoms with E-state index in [9.17, 15) is 35.1 Å². The van der Waals surface area contributed by atoms with Gasteiger partial charge in [-0.1, -0.05) is 286 Å². The second kappa shape index (κ2) is 57.3. The lowest BCUT2D eigenvalue weighted by Crippen LogP contribution is -2.61. The van der Waals surface area contributed by atoms with Crippen LogP contribution in [0.3, 0.4) is 0 Å². The smallest absolute Gasteiger partial charge is 0.306 e. The molecule has 1 saturated heterocycles. The van der Waals surface area contributed by atoms with Crippen molar-refractivity contribution >= 4 is 11.9 Å². The molecule has 1 heterocycles. The van der Waals surface area contributed by atoms with Crippen LogP contribution in [0.5, 0.6) is 0 Å². The van der Waals surface area contributed by atoms with Gasteiger partial charge in [-0.2, -0.15) is 0 Å². The van der Waals surface area contributed by atoms with Gasteiger partial charge in [0.05, 0.1) is 25.4 Å². The van der Waals surface area contributed by atoms with E-state index in [4.69, 9.17) is 14.2 Å². The van der Waals surface area contributed by atoms with Crippen molar-refractivity contribution in [2.24, 2.45) is 0 Å². The van der Waals surface area contributed by atoms with Gasteiger partial charge < -0.3 is 45.1 Å². The van der Waals surface area contributed by atoms with Crippen LogP contribution in [0.4, 0.5) is 0 Å². The van der Waals surface area contributed by atoms with Gasteiger partial charge in [-0.3, -0.25) is 9.59 Å². The Labute approximate surface area is 495 Å². The molecule has 8 atom stereocenters. The Balaban J connectivity index is 2.62. The van der Waals surface area contributed by atoms with Gasteiger partial charge in [0.1, 0.15) is 24.4 Å². The van der Waals surface area contributed by atoms with Crippen LogP contribution >= 0.6 is 0 Å². The van der Waals surface area contributed by atoms with E-state index in [-0.39, 0.29) is 19.4 Å². The zero-order valence-corrected chi connectivity index (χ0v) is 51.9. The number of nitrogens with one attached hydrogen (secondary N) is 1. The number of ether oxygens (including phenoxy) is 3. The highest BCUT2D eigenvalue weighted by Gasteiger charge is 2.47. The molecule has 0 bridgehead atoms. The van der Waals surface area contributed by atoms with E-state index in [1.54, 1.807) is 6.08 Å². The molecule has 0 radical (unpaired) electrons. The lowest BCUT2D eigenvalue weighted by Gasteiger charge is -2.41. The van der Waals surface area contributed by atoms with Crippen LogP contribution in [0.2, 0.25) is 0 Å². The van der Waals surface area contributed by atoms with Crippen molar-refractivity contribution < 1.29 is 49.3 Å². The summed E-state index contributed by atoms with van der Waals surface area (Å²) in [4.78, 5) is 26.6. The van der Waals surface area contributed by atoms with Gasteiger partial charge in [0.2, 0.25) is 5.91 Å². The monoisotopic (exact) mass is 1140 g/mol. The third-order valence-corrected chi connectivity index (χ3v) is 15.3. The summed E-state index contributed by atoms with van der Waals surface area (Å²) in [6, 6.07) is -1.03. The summed E-state index contributed by atoms with van der Waals surface area (Å²) >= 11 is 0. The maximum absolute atomic E-state index is 13.5. The molecule has 1 aliphatic heterocycles. The van der Waals surface area contributed by atoms with Crippen molar-refractivity contribution in [3.63, 3.8) is 0 Å². The Bertz CT molecular complexity index is 1640. The summed E-state index contributed by atoms with van der Waals surface area (Å²) in [6.45, 7) is 5.68. The Morgan fingerprint density at radius 2 is 0.889 bits per heavy atom. The van der Waals surface area contributed by atoms with Crippen LogP contribution in [0.25, 0.3) is 0 Å². The number of aliphatic hydroxyl groups excluding tert-OH is 5. The van der Waals surface area contributed by atoms with E-state index in [0.717, 1.165) is 116 Å². The van der Waals surface area contributed by atoms with Gasteiger partial charge in [-0.15, -0.1) is 0 Å². The first-order valence-corrected chi connectivity index (χ1v) is 33.4. The SMILES string of the molecule is CC/C=C\C/C=C\C/C=C\C/C=C\C/C=C\C/C=C\CCCCCCCCCC(O)C(=O)NC(COC1OC(CO)C(O)C(O)C1OC(=O)CCCCCCCCCCCCCCC)C(O)/C=C/CCCCCCCCCCCCC. The van der Waals surface area contributed by atoms with Crippen LogP contribution in [0.1, 0.15) is 284 Å². The molecule has 468 valence electrons. The average molecular weight is 1140 g/mol. The van der Waals surface area contributed by atoms with Crippen LogP contribution in [-0.4, -0.2) is 99.6 Å². The number of unbranched alkanes of at least 4 members (excludes halogenated alkanes) is 30. The fourth-order valence-electron chi connectivity index (χ4n) is 10.1. The second-order valence-corrected chi connectivity index (χ2v) is 22.8. The number of allylic oxidation sites excluding steroid dienone is 13. The number of carbonyl (C=O) groups is 2. The Hall–Kier alpha value is -3.16. The van der Waals surface area contributed by atoms with E-state index >= 15 is 0 Å². The molecule has 1 amide bonds. The molecule has 8 unspecified atom stereocenters. The number of aliphatic hydroxyl groups is 5. The molecule has 1 aliphatic rings. The highest BCUT2D eigenvalue weighted by atomic mass is 16.7. The predicted molar refractivity (Wildman–Crippen MR) is 338 cm³/mol. The van der Waals surface area contributed by atoms with Crippen molar-refractivity contribution in [3.8, 4) is 0 Å². The first-order chi connectivity index (χ1) is 39.7. The largest absolute Gasteiger partial charge is 0.454 e. The fourth-order valence-corrected chi connectivity index (χ4v) is 10.1. The highest BCUT2D eigenvalue weighted by Crippen LogP contribution is 2.26. The molecular formula is C70H123NO10. The normalized spacial score (nSPS) is 19.2. The second-order valence-electron chi connectivity index (χ2n) is 22.8. The van der Waals surface area contributed by atoms with Crippen molar-refractivity contribution in [1.82, 2.24) is 5.32 Å². The third-order valence-electron chi connectivity index (χ3n) is 15.3. The first-order valence-electron chi connectivity index (χ1n) is 33.4. The van der Waals surface area contributed by atoms with E-state index in [2.05, 4.69) is 99.0 Å². The van der Waals surface area contributed by atoms with Gasteiger partial charge in [0.25, 0.3) is 0 Å². The molecular weight excluding hydrogens is 1010 g/mol. The van der Waals surface area contributed by atoms with Gasteiger partial charge in [-0.05, 0) is 77.0 Å². The maximum atomic E-state index is 13.5. The molecule has 11 nitrogen and oxygen atoms in total. The number of hydrogen-bond acceptors (Lipinski definition) is 10. The molecule has 1 fully saturated rings. The molecule has 1 rings (SSSR count). The zero-order chi connectivity index (χ0) is 58.9. The molecule has 0 aromatic heterocycles. The minimum absolute atomic E-state index is 0.123. The van der Waals surface area contributed by atoms with Crippen LogP contribution in [0, 0.1) is 0 Å². The van der Waals surface area contributed by atoms with Crippen molar-refractivity contribution in [1.29, 1.82) is 0 Å². The van der Waals surface area contributed by atoms with Gasteiger partial charge in [0.15, 0.2) is 12.4 Å². The highest BCUT2D eigenvalue weighted by molar-refractivity contribution is 5.80. The van der Waals surface area contributed by atoms with E-state index in [0.29, 0.717) is 12.8 Å². The molecule has 81 heavy (non-hydrogen) atoms. The number of amides is 1. The van der Waals surface area contributed by atoms with Crippen LogP contribution in [0.15, 0.2) is 85.1 Å². The maximum Gasteiger partial charge on any atom is 0.306 e. The number of hydrogen-bond donors (Lipinski definition) is 6. The lowest BCUT2D eigenvalue weighted by atomic mass is 9.99. The summed E-state index contributed by atoms with van der Waals surface area (Å²) < 4.78 is 17.6. The summed E-state index contributed by atoms with van der Waals surface area (Å²) in [5.74, 6) is -1.20. The third kappa shape index (κ3) is 45.0. The average Bonchev–Trinajstić information content (AvgIpc) is 3.52. The van der Waals surface area contributed by atoms with Gasteiger partial charge in [-0.25, -0.2) is 0 Å². The summed E-state index contributed by atoms with van der Waals surface area (Å²) in [5, 5.41) is 57.1. The predicted octanol–water partition coefficient (Wildman–Crippen LogP) is 16.5. The van der Waals surface area contributed by atoms with Crippen molar-refractivity contribution in [2.75, 3.05) is 13.2 Å². The molecule has 0 aromatic carbocycles. The molecule has 0 aromatic rings. The Morgan fingerprint density at radius 1 is 0.494 bits per heavy atom. The molecule has 0 aliphatic carbocycles. The lowest BCUT2D eigenvalue weighted by molar-refractivity contribution is -0.305. The minimum atomic E-state index is -1.62. The fraction of sp³-hybridized carbons (Fsp3) is 0.771. The summed E-state index contributed by atoms with van der Waals surface area (Å²) in [6.07, 6.45) is 64.7. The Morgan fingerprint density at radius 3 is 1.33 bits per heavy atom. The van der Waals surface area contributed by atoms with E-state index in [1.807, 2.05) is 6.08 Å². The van der Waals surface area contributed by atoms with Crippen LogP contribution in [-0.2, 0) is 23.8 Å². The zero-order valence-electron chi connectivity index (χ0n) is 51.9. The topological polar surface area (TPSA) is 175 Å². The summed E-state index contributed by atoms with van der Waals surface area (Å²) in [5.41, 5.74) is 0. The molecule has 11 heteroatoms. The number of carbonyl (C=O) groups excluding carboxylic acids is 2. The van der Waals surface area contributed by atoms with Crippen molar-refractivity contribution in [2.45, 2.75) is 333 Å². The molecule has 0 spiro atoms. The van der Waals surface area contributed by atoms with Crippen molar-refractivity contribution in [3.05, 3.63) is 85.1 Å². The van der Waals surface area contributed by atoms with Crippen LogP contribution < -0.4 is 5.32 Å². The standard InChI is InChI=1S/C70H123NO10/c1-4-7-10-13-16-19-22-25-26-27-28-29-30-31-32-33-34-35-36-37-40-42-45-48-51-54-57-63(74)69(78)71-61(62(73)56-53-50-47-44-41-38-23-20-17-14-11-8-5-2)60-79-70-68(67(77)66(76)64(59-72)80-70)81-65(75)58-55-52-49-46-43-39-24-21-18-15-12-9-6-3/h7,10,16,19,25-26,28-29,31-32,34-35,53,56,61-64,66-68,70,72-74,76-77H,4-6,8-9,11-15,17-18,20-24,27,30,33,36-52,54-55,57-60H2,1-3H3,(H,71,78)/b10-7-,19-16-,26-25-,29-28-,32-31-,35-34-,56-53+.